The summed E-state index contributed by atoms with van der Waals surface area (Å²) < 4.78 is 12.6. The van der Waals surface area contributed by atoms with E-state index in [4.69, 9.17) is 9.47 Å². The molecule has 0 N–H and O–H groups in total. The molecule has 2 aromatic rings. The largest absolute Gasteiger partial charge is 0.456 e. The first-order valence-corrected chi connectivity index (χ1v) is 11.3. The first kappa shape index (κ1) is 21.3. The molecule has 5 heteroatoms. The van der Waals surface area contributed by atoms with E-state index in [1.807, 2.05) is 13.8 Å². The molecule has 0 bridgehead atoms. The Bertz CT molecular complexity index is 987. The van der Waals surface area contributed by atoms with Crippen molar-refractivity contribution in [3.05, 3.63) is 58.7 Å². The predicted molar refractivity (Wildman–Crippen MR) is 125 cm³/mol. The monoisotopic (exact) mass is 420 g/mol. The van der Waals surface area contributed by atoms with Gasteiger partial charge in [-0.15, -0.1) is 0 Å². The number of benzene rings is 2. The lowest BCUT2D eigenvalue weighted by Gasteiger charge is -2.38. The van der Waals surface area contributed by atoms with Crippen LogP contribution >= 0.6 is 0 Å². The number of hydrogen-bond acceptors (Lipinski definition) is 5. The number of rotatable bonds is 6. The molecule has 2 aliphatic heterocycles. The van der Waals surface area contributed by atoms with Gasteiger partial charge in [-0.25, -0.2) is 4.79 Å². The van der Waals surface area contributed by atoms with Crippen LogP contribution in [0.5, 0.6) is 11.5 Å². The molecule has 0 atom stereocenters. The number of carbonyl (C=O) groups is 1. The van der Waals surface area contributed by atoms with Crippen molar-refractivity contribution < 1.29 is 14.3 Å². The summed E-state index contributed by atoms with van der Waals surface area (Å²) in [5.41, 5.74) is 4.63. The standard InChI is InChI=1S/C26H32N2O3/c1-7-27(8-2)19-11-13-21-23(15-19)30-24-16-20(28(9-3)10-4)12-14-22(24)26(21)18(6)17(5)25(29)31-26/h11-16H,7-10H2,1-6H3. The zero-order valence-electron chi connectivity index (χ0n) is 19.4. The highest BCUT2D eigenvalue weighted by molar-refractivity contribution is 5.94. The van der Waals surface area contributed by atoms with Crippen LogP contribution in [0.2, 0.25) is 0 Å². The van der Waals surface area contributed by atoms with Crippen molar-refractivity contribution in [1.29, 1.82) is 0 Å². The Morgan fingerprint density at radius 3 is 1.58 bits per heavy atom. The molecular formula is C26H32N2O3. The fourth-order valence-corrected chi connectivity index (χ4v) is 4.83. The Morgan fingerprint density at radius 1 is 0.774 bits per heavy atom. The minimum Gasteiger partial charge on any atom is -0.456 e. The van der Waals surface area contributed by atoms with Crippen molar-refractivity contribution in [2.24, 2.45) is 0 Å². The van der Waals surface area contributed by atoms with Gasteiger partial charge in [0.25, 0.3) is 0 Å². The number of esters is 1. The van der Waals surface area contributed by atoms with E-state index in [0.717, 1.165) is 65.8 Å². The normalized spacial score (nSPS) is 16.0. The molecular weight excluding hydrogens is 388 g/mol. The summed E-state index contributed by atoms with van der Waals surface area (Å²) in [6.07, 6.45) is 0. The lowest BCUT2D eigenvalue weighted by Crippen LogP contribution is -2.34. The number of nitrogens with zero attached hydrogens (tertiary/aromatic N) is 2. The van der Waals surface area contributed by atoms with E-state index in [1.165, 1.54) is 0 Å². The highest BCUT2D eigenvalue weighted by Gasteiger charge is 2.52. The van der Waals surface area contributed by atoms with E-state index < -0.39 is 5.60 Å². The number of fused-ring (bicyclic) bond motifs is 4. The highest BCUT2D eigenvalue weighted by Crippen LogP contribution is 2.56. The first-order chi connectivity index (χ1) is 14.9. The SMILES string of the molecule is CCN(CC)c1ccc2c(c1)Oc1cc(N(CC)CC)ccc1C21OC(=O)C(C)=C1C. The van der Waals surface area contributed by atoms with Crippen LogP contribution in [0.3, 0.4) is 0 Å². The van der Waals surface area contributed by atoms with Gasteiger partial charge in [0.15, 0.2) is 5.60 Å². The first-order valence-electron chi connectivity index (χ1n) is 11.3. The van der Waals surface area contributed by atoms with Crippen LogP contribution in [0.15, 0.2) is 47.5 Å². The zero-order chi connectivity index (χ0) is 22.3. The van der Waals surface area contributed by atoms with Crippen LogP contribution in [-0.4, -0.2) is 32.1 Å². The molecule has 4 rings (SSSR count). The second-order valence-electron chi connectivity index (χ2n) is 8.13. The van der Waals surface area contributed by atoms with Gasteiger partial charge in [0.05, 0.1) is 0 Å². The Morgan fingerprint density at radius 2 is 1.23 bits per heavy atom. The summed E-state index contributed by atoms with van der Waals surface area (Å²) in [7, 11) is 0. The van der Waals surface area contributed by atoms with Crippen LogP contribution in [0.1, 0.15) is 52.7 Å². The molecule has 0 amide bonds. The van der Waals surface area contributed by atoms with Gasteiger partial charge in [0.1, 0.15) is 11.5 Å². The number of ether oxygens (including phenoxy) is 2. The van der Waals surface area contributed by atoms with Gasteiger partial charge >= 0.3 is 5.97 Å². The van der Waals surface area contributed by atoms with Crippen molar-refractivity contribution in [3.63, 3.8) is 0 Å². The van der Waals surface area contributed by atoms with Crippen molar-refractivity contribution >= 4 is 17.3 Å². The molecule has 164 valence electrons. The third-order valence-corrected chi connectivity index (χ3v) is 6.81. The van der Waals surface area contributed by atoms with E-state index in [9.17, 15) is 4.79 Å². The molecule has 0 saturated carbocycles. The molecule has 0 aromatic heterocycles. The van der Waals surface area contributed by atoms with Gasteiger partial charge in [0.2, 0.25) is 0 Å². The second kappa shape index (κ2) is 7.95. The smallest absolute Gasteiger partial charge is 0.335 e. The molecule has 2 aromatic carbocycles. The van der Waals surface area contributed by atoms with Gasteiger partial charge in [-0.05, 0) is 71.4 Å². The van der Waals surface area contributed by atoms with Gasteiger partial charge in [-0.2, -0.15) is 0 Å². The summed E-state index contributed by atoms with van der Waals surface area (Å²) in [5, 5.41) is 0. The third-order valence-electron chi connectivity index (χ3n) is 6.81. The topological polar surface area (TPSA) is 42.0 Å². The summed E-state index contributed by atoms with van der Waals surface area (Å²) in [4.78, 5) is 17.2. The second-order valence-corrected chi connectivity index (χ2v) is 8.13. The molecule has 0 unspecified atom stereocenters. The summed E-state index contributed by atoms with van der Waals surface area (Å²) in [6.45, 7) is 16.1. The van der Waals surface area contributed by atoms with Gasteiger partial charge in [-0.3, -0.25) is 0 Å². The van der Waals surface area contributed by atoms with Crippen LogP contribution < -0.4 is 14.5 Å². The molecule has 2 heterocycles. The summed E-state index contributed by atoms with van der Waals surface area (Å²) in [6, 6.07) is 12.5. The Balaban J connectivity index is 1.94. The van der Waals surface area contributed by atoms with Crippen LogP contribution in [0, 0.1) is 0 Å². The minimum atomic E-state index is -0.937. The van der Waals surface area contributed by atoms with Crippen molar-refractivity contribution in [2.45, 2.75) is 47.1 Å². The molecule has 0 fully saturated rings. The van der Waals surface area contributed by atoms with E-state index in [2.05, 4.69) is 73.9 Å². The molecule has 2 aliphatic rings. The van der Waals surface area contributed by atoms with E-state index in [1.54, 1.807) is 0 Å². The number of carbonyl (C=O) groups excluding carboxylic acids is 1. The molecule has 0 saturated heterocycles. The zero-order valence-corrected chi connectivity index (χ0v) is 19.4. The molecule has 31 heavy (non-hydrogen) atoms. The quantitative estimate of drug-likeness (QED) is 0.567. The molecule has 0 aliphatic carbocycles. The Hall–Kier alpha value is -2.95. The van der Waals surface area contributed by atoms with Crippen LogP contribution in [0.4, 0.5) is 11.4 Å². The lowest BCUT2D eigenvalue weighted by atomic mass is 9.77. The summed E-state index contributed by atoms with van der Waals surface area (Å²) in [5.74, 6) is 1.22. The van der Waals surface area contributed by atoms with E-state index >= 15 is 0 Å². The number of hydrogen-bond donors (Lipinski definition) is 0. The van der Waals surface area contributed by atoms with Gasteiger partial charge in [-0.1, -0.05) is 0 Å². The minimum absolute atomic E-state index is 0.267. The maximum atomic E-state index is 12.7. The number of anilines is 2. The summed E-state index contributed by atoms with van der Waals surface area (Å²) >= 11 is 0. The van der Waals surface area contributed by atoms with Crippen molar-refractivity contribution in [3.8, 4) is 11.5 Å². The van der Waals surface area contributed by atoms with Crippen molar-refractivity contribution in [1.82, 2.24) is 0 Å². The van der Waals surface area contributed by atoms with E-state index in [0.29, 0.717) is 5.57 Å². The van der Waals surface area contributed by atoms with E-state index in [-0.39, 0.29) is 5.97 Å². The fourth-order valence-electron chi connectivity index (χ4n) is 4.83. The third kappa shape index (κ3) is 3.10. The van der Waals surface area contributed by atoms with Crippen LogP contribution in [0.25, 0.3) is 0 Å². The predicted octanol–water partition coefficient (Wildman–Crippen LogP) is 5.62. The average Bonchev–Trinajstić information content (AvgIpc) is 3.00. The van der Waals surface area contributed by atoms with Gasteiger partial charge in [0, 0.05) is 66.4 Å². The maximum absolute atomic E-state index is 12.7. The van der Waals surface area contributed by atoms with Crippen molar-refractivity contribution in [2.75, 3.05) is 36.0 Å². The maximum Gasteiger partial charge on any atom is 0.335 e. The fraction of sp³-hybridized carbons (Fsp3) is 0.423. The molecule has 0 radical (unpaired) electrons. The molecule has 5 nitrogen and oxygen atoms in total. The lowest BCUT2D eigenvalue weighted by molar-refractivity contribution is -0.145. The Kier molecular flexibility index (Phi) is 5.46. The van der Waals surface area contributed by atoms with Gasteiger partial charge < -0.3 is 19.3 Å². The Labute approximate surface area is 185 Å². The molecule has 1 spiro atoms. The highest BCUT2D eigenvalue weighted by atomic mass is 16.6. The average molecular weight is 421 g/mol. The van der Waals surface area contributed by atoms with Crippen LogP contribution in [-0.2, 0) is 15.1 Å².